The summed E-state index contributed by atoms with van der Waals surface area (Å²) in [5.74, 6) is 0.740. The van der Waals surface area contributed by atoms with Gasteiger partial charge < -0.3 is 5.32 Å². The van der Waals surface area contributed by atoms with Crippen molar-refractivity contribution in [1.29, 1.82) is 5.26 Å². The second-order valence-electron chi connectivity index (χ2n) is 6.44. The quantitative estimate of drug-likeness (QED) is 0.879. The first-order chi connectivity index (χ1) is 8.39. The largest absolute Gasteiger partial charge is 0.312 e. The summed E-state index contributed by atoms with van der Waals surface area (Å²) in [6, 6.07) is 9.99. The molecule has 1 aliphatic rings. The molecule has 0 atom stereocenters. The summed E-state index contributed by atoms with van der Waals surface area (Å²) in [6.07, 6.45) is 0. The van der Waals surface area contributed by atoms with Crippen molar-refractivity contribution in [2.75, 3.05) is 6.54 Å². The number of nitrogens with zero attached hydrogens (tertiary/aromatic N) is 1. The van der Waals surface area contributed by atoms with Crippen LogP contribution in [0.15, 0.2) is 24.3 Å². The van der Waals surface area contributed by atoms with Gasteiger partial charge in [0.1, 0.15) is 0 Å². The van der Waals surface area contributed by atoms with Crippen LogP contribution in [0, 0.1) is 28.1 Å². The van der Waals surface area contributed by atoms with Crippen LogP contribution in [0.3, 0.4) is 0 Å². The van der Waals surface area contributed by atoms with Crippen LogP contribution in [0.2, 0.25) is 0 Å². The Hall–Kier alpha value is -1.33. The van der Waals surface area contributed by atoms with E-state index in [4.69, 9.17) is 5.26 Å². The third kappa shape index (κ3) is 2.15. The van der Waals surface area contributed by atoms with Crippen molar-refractivity contribution in [2.45, 2.75) is 34.2 Å². The molecule has 0 saturated heterocycles. The zero-order valence-electron chi connectivity index (χ0n) is 11.7. The number of nitrogens with one attached hydrogen (secondary N) is 1. The molecule has 0 spiro atoms. The lowest BCUT2D eigenvalue weighted by molar-refractivity contribution is 0.457. The van der Waals surface area contributed by atoms with Gasteiger partial charge in [0, 0.05) is 6.54 Å². The molecule has 1 fully saturated rings. The van der Waals surface area contributed by atoms with Crippen LogP contribution in [0.4, 0.5) is 0 Å². The maximum Gasteiger partial charge on any atom is 0.0991 e. The van der Waals surface area contributed by atoms with Gasteiger partial charge in [0.2, 0.25) is 0 Å². The van der Waals surface area contributed by atoms with Crippen LogP contribution in [0.5, 0.6) is 0 Å². The highest BCUT2D eigenvalue weighted by Gasteiger charge is 2.63. The summed E-state index contributed by atoms with van der Waals surface area (Å²) in [6.45, 7) is 11.3. The molecule has 2 heteroatoms. The van der Waals surface area contributed by atoms with Crippen LogP contribution in [0.1, 0.15) is 38.8 Å². The molecule has 0 heterocycles. The molecule has 96 valence electrons. The highest BCUT2D eigenvalue weighted by Crippen LogP contribution is 2.67. The molecule has 0 unspecified atom stereocenters. The van der Waals surface area contributed by atoms with Gasteiger partial charge in [0.25, 0.3) is 0 Å². The highest BCUT2D eigenvalue weighted by atomic mass is 14.9. The van der Waals surface area contributed by atoms with Crippen molar-refractivity contribution in [3.8, 4) is 6.07 Å². The Bertz CT molecular complexity index is 466. The Labute approximate surface area is 110 Å². The second kappa shape index (κ2) is 4.40. The Morgan fingerprint density at radius 2 is 1.89 bits per heavy atom. The standard InChI is InChI=1S/C16H22N2/c1-15(2)14(16(15,3)4)11-18-10-13-7-5-6-12(8-13)9-17/h5-8,14,18H,10-11H2,1-4H3. The SMILES string of the molecule is CC1(C)C(CNCc2cccc(C#N)c2)C1(C)C. The normalized spacial score (nSPS) is 20.4. The first kappa shape index (κ1) is 13.1. The molecule has 0 bridgehead atoms. The average molecular weight is 242 g/mol. The zero-order valence-corrected chi connectivity index (χ0v) is 11.7. The molecule has 2 nitrogen and oxygen atoms in total. The molecule has 0 radical (unpaired) electrons. The van der Waals surface area contributed by atoms with E-state index in [1.54, 1.807) is 0 Å². The molecule has 1 aromatic rings. The molecule has 18 heavy (non-hydrogen) atoms. The third-order valence-electron chi connectivity index (χ3n) is 5.05. The molecular formula is C16H22N2. The van der Waals surface area contributed by atoms with Gasteiger partial charge in [-0.1, -0.05) is 39.8 Å². The number of benzene rings is 1. The number of hydrogen-bond acceptors (Lipinski definition) is 2. The molecule has 1 N–H and O–H groups in total. The summed E-state index contributed by atoms with van der Waals surface area (Å²) in [4.78, 5) is 0. The fraction of sp³-hybridized carbons (Fsp3) is 0.562. The maximum absolute atomic E-state index is 8.85. The van der Waals surface area contributed by atoms with Crippen LogP contribution < -0.4 is 5.32 Å². The molecule has 1 aliphatic carbocycles. The lowest BCUT2D eigenvalue weighted by Crippen LogP contribution is -2.18. The van der Waals surface area contributed by atoms with E-state index in [0.717, 1.165) is 24.6 Å². The molecule has 1 saturated carbocycles. The Kier molecular flexibility index (Phi) is 3.21. The number of rotatable bonds is 4. The van der Waals surface area contributed by atoms with E-state index in [9.17, 15) is 0 Å². The second-order valence-corrected chi connectivity index (χ2v) is 6.44. The van der Waals surface area contributed by atoms with Gasteiger partial charge in [-0.25, -0.2) is 0 Å². The smallest absolute Gasteiger partial charge is 0.0991 e. The minimum absolute atomic E-state index is 0.439. The molecule has 0 amide bonds. The van der Waals surface area contributed by atoms with Crippen molar-refractivity contribution in [3.63, 3.8) is 0 Å². The monoisotopic (exact) mass is 242 g/mol. The van der Waals surface area contributed by atoms with Gasteiger partial charge in [-0.15, -0.1) is 0 Å². The molecule has 0 aliphatic heterocycles. The van der Waals surface area contributed by atoms with Gasteiger partial charge in [-0.2, -0.15) is 5.26 Å². The van der Waals surface area contributed by atoms with Gasteiger partial charge in [0.15, 0.2) is 0 Å². The summed E-state index contributed by atoms with van der Waals surface area (Å²) >= 11 is 0. The van der Waals surface area contributed by atoms with E-state index in [0.29, 0.717) is 10.8 Å². The third-order valence-corrected chi connectivity index (χ3v) is 5.05. The Morgan fingerprint density at radius 3 is 2.44 bits per heavy atom. The number of hydrogen-bond donors (Lipinski definition) is 1. The molecular weight excluding hydrogens is 220 g/mol. The summed E-state index contributed by atoms with van der Waals surface area (Å²) in [7, 11) is 0. The van der Waals surface area contributed by atoms with Crippen LogP contribution in [0.25, 0.3) is 0 Å². The first-order valence-corrected chi connectivity index (χ1v) is 6.59. The molecule has 2 rings (SSSR count). The van der Waals surface area contributed by atoms with Gasteiger partial charge in [0.05, 0.1) is 11.6 Å². The zero-order chi connectivity index (χ0) is 13.4. The fourth-order valence-corrected chi connectivity index (χ4v) is 2.96. The minimum Gasteiger partial charge on any atom is -0.312 e. The molecule has 0 aromatic heterocycles. The first-order valence-electron chi connectivity index (χ1n) is 6.59. The van der Waals surface area contributed by atoms with E-state index in [1.807, 2.05) is 18.2 Å². The van der Waals surface area contributed by atoms with Crippen molar-refractivity contribution < 1.29 is 0 Å². The Balaban J connectivity index is 1.85. The lowest BCUT2D eigenvalue weighted by Gasteiger charge is -2.06. The molecule has 1 aromatic carbocycles. The van der Waals surface area contributed by atoms with Crippen molar-refractivity contribution in [3.05, 3.63) is 35.4 Å². The number of nitriles is 1. The summed E-state index contributed by atoms with van der Waals surface area (Å²) in [5, 5.41) is 12.4. The minimum atomic E-state index is 0.439. The van der Waals surface area contributed by atoms with Crippen molar-refractivity contribution >= 4 is 0 Å². The highest BCUT2D eigenvalue weighted by molar-refractivity contribution is 5.32. The van der Waals surface area contributed by atoms with Gasteiger partial charge in [-0.3, -0.25) is 0 Å². The van der Waals surface area contributed by atoms with E-state index in [1.165, 1.54) is 5.56 Å². The van der Waals surface area contributed by atoms with E-state index >= 15 is 0 Å². The summed E-state index contributed by atoms with van der Waals surface area (Å²) in [5.41, 5.74) is 2.80. The van der Waals surface area contributed by atoms with Crippen LogP contribution in [-0.4, -0.2) is 6.54 Å². The lowest BCUT2D eigenvalue weighted by atomic mass is 10.0. The van der Waals surface area contributed by atoms with E-state index in [2.05, 4.69) is 45.1 Å². The van der Waals surface area contributed by atoms with Gasteiger partial charge >= 0.3 is 0 Å². The van der Waals surface area contributed by atoms with E-state index in [-0.39, 0.29) is 0 Å². The summed E-state index contributed by atoms with van der Waals surface area (Å²) < 4.78 is 0. The topological polar surface area (TPSA) is 35.8 Å². The van der Waals surface area contributed by atoms with Crippen LogP contribution in [-0.2, 0) is 6.54 Å². The Morgan fingerprint density at radius 1 is 1.22 bits per heavy atom. The van der Waals surface area contributed by atoms with Crippen molar-refractivity contribution in [1.82, 2.24) is 5.32 Å². The maximum atomic E-state index is 8.85. The van der Waals surface area contributed by atoms with Gasteiger partial charge in [-0.05, 0) is 41.0 Å². The van der Waals surface area contributed by atoms with E-state index < -0.39 is 0 Å². The predicted octanol–water partition coefficient (Wildman–Crippen LogP) is 3.33. The fourth-order valence-electron chi connectivity index (χ4n) is 2.96. The predicted molar refractivity (Wildman–Crippen MR) is 73.9 cm³/mol. The average Bonchev–Trinajstić information content (AvgIpc) is 2.72. The van der Waals surface area contributed by atoms with Crippen LogP contribution >= 0.6 is 0 Å². The van der Waals surface area contributed by atoms with Crippen molar-refractivity contribution in [2.24, 2.45) is 16.7 Å².